The van der Waals surface area contributed by atoms with Gasteiger partial charge < -0.3 is 24.4 Å². The number of hydrogen-bond donors (Lipinski definition) is 1. The summed E-state index contributed by atoms with van der Waals surface area (Å²) >= 11 is 0. The van der Waals surface area contributed by atoms with Crippen molar-refractivity contribution >= 4 is 5.96 Å². The third-order valence-corrected chi connectivity index (χ3v) is 5.09. The van der Waals surface area contributed by atoms with Crippen LogP contribution in [0.2, 0.25) is 0 Å². The SMILES string of the molecule is CN=C(NCc1c(OC)cc(OC)cc1OC)N1CCN(C(C)C(F)(F)F)CC1. The Morgan fingerprint density at radius 1 is 1.07 bits per heavy atom. The van der Waals surface area contributed by atoms with E-state index in [-0.39, 0.29) is 0 Å². The van der Waals surface area contributed by atoms with Crippen LogP contribution in [-0.2, 0) is 6.54 Å². The number of halogens is 3. The Kier molecular flexibility index (Phi) is 7.83. The second kappa shape index (κ2) is 9.91. The summed E-state index contributed by atoms with van der Waals surface area (Å²) in [6.07, 6.45) is -4.22. The van der Waals surface area contributed by atoms with E-state index in [0.717, 1.165) is 5.56 Å². The molecule has 1 N–H and O–H groups in total. The van der Waals surface area contributed by atoms with E-state index in [0.29, 0.717) is 55.9 Å². The van der Waals surface area contributed by atoms with Crippen LogP contribution in [0.4, 0.5) is 13.2 Å². The molecule has 1 unspecified atom stereocenters. The molecule has 164 valence electrons. The van der Waals surface area contributed by atoms with E-state index in [2.05, 4.69) is 10.3 Å². The fraction of sp³-hybridized carbons (Fsp3) is 0.632. The highest BCUT2D eigenvalue weighted by Crippen LogP contribution is 2.34. The quantitative estimate of drug-likeness (QED) is 0.566. The van der Waals surface area contributed by atoms with Gasteiger partial charge in [-0.2, -0.15) is 13.2 Å². The molecule has 1 aliphatic rings. The Labute approximate surface area is 169 Å². The second-order valence-corrected chi connectivity index (χ2v) is 6.65. The molecule has 7 nitrogen and oxygen atoms in total. The topological polar surface area (TPSA) is 58.6 Å². The maximum absolute atomic E-state index is 12.9. The Balaban J connectivity index is 2.04. The number of ether oxygens (including phenoxy) is 3. The van der Waals surface area contributed by atoms with Gasteiger partial charge in [-0.1, -0.05) is 0 Å². The summed E-state index contributed by atoms with van der Waals surface area (Å²) in [4.78, 5) is 7.66. The van der Waals surface area contributed by atoms with Crippen LogP contribution in [-0.4, -0.2) is 82.5 Å². The number of aliphatic imine (C=N–C) groups is 1. The largest absolute Gasteiger partial charge is 0.496 e. The summed E-state index contributed by atoms with van der Waals surface area (Å²) in [6.45, 7) is 3.12. The molecular weight excluding hydrogens is 389 g/mol. The summed E-state index contributed by atoms with van der Waals surface area (Å²) in [7, 11) is 6.34. The zero-order chi connectivity index (χ0) is 21.6. The molecule has 0 bridgehead atoms. The Bertz CT molecular complexity index is 679. The van der Waals surface area contributed by atoms with Gasteiger partial charge in [0, 0.05) is 45.4 Å². The summed E-state index contributed by atoms with van der Waals surface area (Å²) < 4.78 is 55.0. The molecule has 0 aromatic heterocycles. The number of piperazine rings is 1. The van der Waals surface area contributed by atoms with Gasteiger partial charge in [-0.3, -0.25) is 9.89 Å². The van der Waals surface area contributed by atoms with Gasteiger partial charge in [0.15, 0.2) is 5.96 Å². The first-order valence-corrected chi connectivity index (χ1v) is 9.30. The molecule has 1 aromatic carbocycles. The lowest BCUT2D eigenvalue weighted by molar-refractivity contribution is -0.181. The fourth-order valence-corrected chi connectivity index (χ4v) is 3.28. The predicted molar refractivity (Wildman–Crippen MR) is 105 cm³/mol. The first-order valence-electron chi connectivity index (χ1n) is 9.30. The molecular formula is C19H29F3N4O3. The lowest BCUT2D eigenvalue weighted by Crippen LogP contribution is -2.56. The molecule has 0 radical (unpaired) electrons. The molecule has 1 fully saturated rings. The van der Waals surface area contributed by atoms with Crippen LogP contribution in [0.25, 0.3) is 0 Å². The third kappa shape index (κ3) is 5.59. The highest BCUT2D eigenvalue weighted by atomic mass is 19.4. The average Bonchev–Trinajstić information content (AvgIpc) is 2.72. The number of guanidine groups is 1. The second-order valence-electron chi connectivity index (χ2n) is 6.65. The lowest BCUT2D eigenvalue weighted by atomic mass is 10.1. The van der Waals surface area contributed by atoms with Gasteiger partial charge in [0.1, 0.15) is 23.3 Å². The maximum Gasteiger partial charge on any atom is 0.403 e. The van der Waals surface area contributed by atoms with Crippen LogP contribution in [0.15, 0.2) is 17.1 Å². The van der Waals surface area contributed by atoms with Crippen molar-refractivity contribution in [2.75, 3.05) is 54.6 Å². The Morgan fingerprint density at radius 2 is 1.62 bits per heavy atom. The fourth-order valence-electron chi connectivity index (χ4n) is 3.28. The first-order chi connectivity index (χ1) is 13.7. The molecule has 0 amide bonds. The van der Waals surface area contributed by atoms with E-state index in [1.165, 1.54) is 11.8 Å². The maximum atomic E-state index is 12.9. The summed E-state index contributed by atoms with van der Waals surface area (Å²) in [5.41, 5.74) is 0.793. The number of alkyl halides is 3. The van der Waals surface area contributed by atoms with Gasteiger partial charge in [0.25, 0.3) is 0 Å². The zero-order valence-electron chi connectivity index (χ0n) is 17.5. The number of rotatable bonds is 6. The number of methoxy groups -OCH3 is 3. The van der Waals surface area contributed by atoms with Crippen LogP contribution in [0, 0.1) is 0 Å². The number of benzene rings is 1. The number of nitrogens with zero attached hydrogens (tertiary/aromatic N) is 3. The minimum absolute atomic E-state index is 0.316. The van der Waals surface area contributed by atoms with Crippen LogP contribution in [0.3, 0.4) is 0 Å². The molecule has 1 atom stereocenters. The third-order valence-electron chi connectivity index (χ3n) is 5.09. The van der Waals surface area contributed by atoms with Gasteiger partial charge >= 0.3 is 6.18 Å². The van der Waals surface area contributed by atoms with Crippen molar-refractivity contribution < 1.29 is 27.4 Å². The van der Waals surface area contributed by atoms with Crippen molar-refractivity contribution in [1.82, 2.24) is 15.1 Å². The molecule has 0 spiro atoms. The van der Waals surface area contributed by atoms with E-state index in [4.69, 9.17) is 14.2 Å². The summed E-state index contributed by atoms with van der Waals surface area (Å²) in [5, 5.41) is 3.25. The zero-order valence-corrected chi connectivity index (χ0v) is 17.5. The standard InChI is InChI=1S/C19H29F3N4O3/c1-13(19(20,21)22)25-6-8-26(9-7-25)18(23-2)24-12-15-16(28-4)10-14(27-3)11-17(15)29-5/h10-11,13H,6-9,12H2,1-5H3,(H,23,24). The molecule has 29 heavy (non-hydrogen) atoms. The smallest absolute Gasteiger partial charge is 0.403 e. The minimum Gasteiger partial charge on any atom is -0.496 e. The minimum atomic E-state index is -4.22. The summed E-state index contributed by atoms with van der Waals surface area (Å²) in [5.74, 6) is 2.44. The van der Waals surface area contributed by atoms with Crippen molar-refractivity contribution in [1.29, 1.82) is 0 Å². The normalized spacial score (nSPS) is 17.1. The van der Waals surface area contributed by atoms with Crippen molar-refractivity contribution in [3.05, 3.63) is 17.7 Å². The molecule has 1 heterocycles. The molecule has 0 aliphatic carbocycles. The molecule has 0 saturated carbocycles. The van der Waals surface area contributed by atoms with Gasteiger partial charge in [0.2, 0.25) is 0 Å². The average molecular weight is 418 g/mol. The molecule has 1 aromatic rings. The van der Waals surface area contributed by atoms with Crippen molar-refractivity contribution in [3.8, 4) is 17.2 Å². The summed E-state index contributed by atoms with van der Waals surface area (Å²) in [6, 6.07) is 2.08. The Hall–Kier alpha value is -2.36. The molecule has 10 heteroatoms. The van der Waals surface area contributed by atoms with Crippen LogP contribution in [0.1, 0.15) is 12.5 Å². The van der Waals surface area contributed by atoms with E-state index >= 15 is 0 Å². The first kappa shape index (κ1) is 22.9. The van der Waals surface area contributed by atoms with Crippen LogP contribution < -0.4 is 19.5 Å². The molecule has 2 rings (SSSR count). The van der Waals surface area contributed by atoms with Crippen LogP contribution >= 0.6 is 0 Å². The van der Waals surface area contributed by atoms with Gasteiger partial charge in [0.05, 0.1) is 33.4 Å². The lowest BCUT2D eigenvalue weighted by Gasteiger charge is -2.39. The van der Waals surface area contributed by atoms with Crippen molar-refractivity contribution in [2.45, 2.75) is 25.7 Å². The monoisotopic (exact) mass is 418 g/mol. The predicted octanol–water partition coefficient (Wildman–Crippen LogP) is 2.36. The van der Waals surface area contributed by atoms with E-state index in [9.17, 15) is 13.2 Å². The van der Waals surface area contributed by atoms with E-state index in [1.54, 1.807) is 40.5 Å². The van der Waals surface area contributed by atoms with Crippen molar-refractivity contribution in [2.24, 2.45) is 4.99 Å². The highest BCUT2D eigenvalue weighted by Gasteiger charge is 2.41. The van der Waals surface area contributed by atoms with Crippen molar-refractivity contribution in [3.63, 3.8) is 0 Å². The Morgan fingerprint density at radius 3 is 2.03 bits per heavy atom. The van der Waals surface area contributed by atoms with E-state index in [1.807, 2.05) is 4.90 Å². The molecule has 1 saturated heterocycles. The number of nitrogens with one attached hydrogen (secondary N) is 1. The highest BCUT2D eigenvalue weighted by molar-refractivity contribution is 5.80. The van der Waals surface area contributed by atoms with E-state index < -0.39 is 12.2 Å². The number of hydrogen-bond acceptors (Lipinski definition) is 5. The van der Waals surface area contributed by atoms with Gasteiger partial charge in [-0.15, -0.1) is 0 Å². The molecule has 1 aliphatic heterocycles. The van der Waals surface area contributed by atoms with Crippen LogP contribution in [0.5, 0.6) is 17.2 Å². The van der Waals surface area contributed by atoms with Gasteiger partial charge in [-0.05, 0) is 6.92 Å². The van der Waals surface area contributed by atoms with Gasteiger partial charge in [-0.25, -0.2) is 0 Å².